The Morgan fingerprint density at radius 1 is 1.00 bits per heavy atom. The van der Waals surface area contributed by atoms with Gasteiger partial charge in [-0.2, -0.15) is 0 Å². The third-order valence-electron chi connectivity index (χ3n) is 5.37. The van der Waals surface area contributed by atoms with Gasteiger partial charge in [-0.3, -0.25) is 14.5 Å². The lowest BCUT2D eigenvalue weighted by Gasteiger charge is -2.32. The number of nitrogens with one attached hydrogen (secondary N) is 1. The minimum Gasteiger partial charge on any atom is -0.454 e. The van der Waals surface area contributed by atoms with Gasteiger partial charge in [-0.1, -0.05) is 58.7 Å². The number of anilines is 1. The Morgan fingerprint density at radius 2 is 1.78 bits per heavy atom. The van der Waals surface area contributed by atoms with Gasteiger partial charge in [0.15, 0.2) is 16.7 Å². The SMILES string of the molecule is O=C(Nc1cc(Cl)cc(Cl)c1)C1CC(=O)N(Cc2ccc3c(c2)OCO3)C(=Nc2cccc(Cl)c2)S1. The summed E-state index contributed by atoms with van der Waals surface area (Å²) < 4.78 is 10.8. The van der Waals surface area contributed by atoms with E-state index in [1.807, 2.05) is 12.1 Å². The van der Waals surface area contributed by atoms with E-state index in [2.05, 4.69) is 10.3 Å². The van der Waals surface area contributed by atoms with Crippen molar-refractivity contribution in [1.29, 1.82) is 0 Å². The van der Waals surface area contributed by atoms with Crippen LogP contribution in [0.1, 0.15) is 12.0 Å². The molecule has 0 saturated carbocycles. The number of benzene rings is 3. The maximum atomic E-state index is 13.3. The summed E-state index contributed by atoms with van der Waals surface area (Å²) in [5.41, 5.74) is 1.85. The van der Waals surface area contributed by atoms with Crippen LogP contribution in [0.2, 0.25) is 15.1 Å². The van der Waals surface area contributed by atoms with Gasteiger partial charge in [-0.25, -0.2) is 4.99 Å². The molecular formula is C25H18Cl3N3O4S. The normalized spacial score (nSPS) is 18.0. The average molecular weight is 563 g/mol. The highest BCUT2D eigenvalue weighted by atomic mass is 35.5. The number of halogens is 3. The van der Waals surface area contributed by atoms with Gasteiger partial charge in [0.1, 0.15) is 5.25 Å². The molecule has 1 unspecified atom stereocenters. The molecule has 1 saturated heterocycles. The molecule has 2 aliphatic heterocycles. The summed E-state index contributed by atoms with van der Waals surface area (Å²) in [7, 11) is 0. The Kier molecular flexibility index (Phi) is 7.29. The van der Waals surface area contributed by atoms with Crippen molar-refractivity contribution < 1.29 is 19.1 Å². The number of hydrogen-bond acceptors (Lipinski definition) is 6. The molecule has 2 heterocycles. The van der Waals surface area contributed by atoms with E-state index in [1.54, 1.807) is 53.4 Å². The number of ether oxygens (including phenoxy) is 2. The lowest BCUT2D eigenvalue weighted by atomic mass is 10.1. The molecule has 0 radical (unpaired) electrons. The van der Waals surface area contributed by atoms with Crippen molar-refractivity contribution in [2.24, 2.45) is 4.99 Å². The van der Waals surface area contributed by atoms with Crippen LogP contribution in [0.5, 0.6) is 11.5 Å². The molecule has 36 heavy (non-hydrogen) atoms. The standard InChI is InChI=1S/C25H18Cl3N3O4S/c26-15-2-1-3-18(8-15)30-25-31(12-14-4-5-20-21(6-14)35-13-34-20)23(32)11-22(36-25)24(33)29-19-9-16(27)7-17(28)10-19/h1-10,22H,11-13H2,(H,29,33). The molecule has 1 N–H and O–H groups in total. The van der Waals surface area contributed by atoms with Crippen molar-refractivity contribution in [2.75, 3.05) is 12.1 Å². The minimum absolute atomic E-state index is 0.0100. The molecule has 5 rings (SSSR count). The Morgan fingerprint density at radius 3 is 2.56 bits per heavy atom. The van der Waals surface area contributed by atoms with E-state index in [-0.39, 0.29) is 31.6 Å². The number of nitrogens with zero attached hydrogens (tertiary/aromatic N) is 2. The first kappa shape index (κ1) is 24.8. The molecule has 0 aliphatic carbocycles. The molecule has 7 nitrogen and oxygen atoms in total. The van der Waals surface area contributed by atoms with Crippen molar-refractivity contribution in [2.45, 2.75) is 18.2 Å². The maximum Gasteiger partial charge on any atom is 0.238 e. The number of amidine groups is 1. The van der Waals surface area contributed by atoms with Gasteiger partial charge in [0.2, 0.25) is 18.6 Å². The number of hydrogen-bond donors (Lipinski definition) is 1. The Labute approximate surface area is 226 Å². The number of fused-ring (bicyclic) bond motifs is 1. The van der Waals surface area contributed by atoms with Crippen molar-refractivity contribution >= 4 is 74.9 Å². The first-order chi connectivity index (χ1) is 17.3. The Hall–Kier alpha value is -2.91. The van der Waals surface area contributed by atoms with Crippen LogP contribution >= 0.6 is 46.6 Å². The largest absolute Gasteiger partial charge is 0.454 e. The van der Waals surface area contributed by atoms with Gasteiger partial charge in [-0.05, 0) is 54.1 Å². The van der Waals surface area contributed by atoms with Crippen molar-refractivity contribution in [3.8, 4) is 11.5 Å². The summed E-state index contributed by atoms with van der Waals surface area (Å²) in [5.74, 6) is 0.684. The number of aliphatic imine (C=N–C) groups is 1. The van der Waals surface area contributed by atoms with Crippen LogP contribution in [0.4, 0.5) is 11.4 Å². The number of rotatable bonds is 5. The Bertz CT molecular complexity index is 1360. The quantitative estimate of drug-likeness (QED) is 0.382. The van der Waals surface area contributed by atoms with Crippen molar-refractivity contribution in [3.63, 3.8) is 0 Å². The highest BCUT2D eigenvalue weighted by Crippen LogP contribution is 2.35. The second-order valence-electron chi connectivity index (χ2n) is 8.00. The predicted molar refractivity (Wildman–Crippen MR) is 143 cm³/mol. The number of thioether (sulfide) groups is 1. The monoisotopic (exact) mass is 561 g/mol. The highest BCUT2D eigenvalue weighted by Gasteiger charge is 2.36. The molecule has 184 valence electrons. The zero-order valence-corrected chi connectivity index (χ0v) is 21.6. The van der Waals surface area contributed by atoms with Crippen LogP contribution in [0.3, 0.4) is 0 Å². The van der Waals surface area contributed by atoms with Crippen LogP contribution in [0.15, 0.2) is 65.7 Å². The number of carbonyl (C=O) groups excluding carboxylic acids is 2. The molecule has 2 amide bonds. The van der Waals surface area contributed by atoms with Gasteiger partial charge in [0.25, 0.3) is 0 Å². The molecule has 0 spiro atoms. The first-order valence-corrected chi connectivity index (χ1v) is 12.8. The lowest BCUT2D eigenvalue weighted by molar-refractivity contribution is -0.129. The van der Waals surface area contributed by atoms with Gasteiger partial charge in [0.05, 0.1) is 12.2 Å². The fourth-order valence-corrected chi connectivity index (χ4v) is 5.53. The number of carbonyl (C=O) groups is 2. The topological polar surface area (TPSA) is 80.2 Å². The molecule has 3 aromatic carbocycles. The molecule has 3 aromatic rings. The summed E-state index contributed by atoms with van der Waals surface area (Å²) in [6.45, 7) is 0.410. The van der Waals surface area contributed by atoms with Crippen LogP contribution in [-0.2, 0) is 16.1 Å². The second kappa shape index (κ2) is 10.6. The minimum atomic E-state index is -0.707. The zero-order chi connectivity index (χ0) is 25.2. The molecule has 2 aliphatic rings. The third-order valence-corrected chi connectivity index (χ3v) is 7.23. The maximum absolute atomic E-state index is 13.3. The molecule has 1 fully saturated rings. The average Bonchev–Trinajstić information content (AvgIpc) is 3.28. The summed E-state index contributed by atoms with van der Waals surface area (Å²) in [4.78, 5) is 32.6. The summed E-state index contributed by atoms with van der Waals surface area (Å²) in [6, 6.07) is 17.2. The van der Waals surface area contributed by atoms with Gasteiger partial charge in [0, 0.05) is 27.2 Å². The van der Waals surface area contributed by atoms with E-state index >= 15 is 0 Å². The fourth-order valence-electron chi connectivity index (χ4n) is 3.72. The molecule has 0 bridgehead atoms. The van der Waals surface area contributed by atoms with Crippen LogP contribution in [0, 0.1) is 0 Å². The smallest absolute Gasteiger partial charge is 0.238 e. The lowest BCUT2D eigenvalue weighted by Crippen LogP contribution is -2.44. The van der Waals surface area contributed by atoms with Crippen molar-refractivity contribution in [1.82, 2.24) is 4.90 Å². The fraction of sp³-hybridized carbons (Fsp3) is 0.160. The number of amides is 2. The molecular weight excluding hydrogens is 545 g/mol. The van der Waals surface area contributed by atoms with Crippen molar-refractivity contribution in [3.05, 3.63) is 81.3 Å². The third kappa shape index (κ3) is 5.73. The second-order valence-corrected chi connectivity index (χ2v) is 10.5. The summed E-state index contributed by atoms with van der Waals surface area (Å²) in [6.07, 6.45) is -0.0100. The van der Waals surface area contributed by atoms with Gasteiger partial charge in [-0.15, -0.1) is 0 Å². The van der Waals surface area contributed by atoms with E-state index in [1.165, 1.54) is 11.8 Å². The zero-order valence-electron chi connectivity index (χ0n) is 18.5. The van der Waals surface area contributed by atoms with E-state index in [0.29, 0.717) is 43.1 Å². The Balaban J connectivity index is 1.41. The van der Waals surface area contributed by atoms with Gasteiger partial charge < -0.3 is 14.8 Å². The molecule has 1 atom stereocenters. The van der Waals surface area contributed by atoms with E-state index in [0.717, 1.165) is 5.56 Å². The summed E-state index contributed by atoms with van der Waals surface area (Å²) in [5, 5.41) is 3.77. The van der Waals surface area contributed by atoms with E-state index in [4.69, 9.17) is 44.3 Å². The van der Waals surface area contributed by atoms with E-state index in [9.17, 15) is 9.59 Å². The van der Waals surface area contributed by atoms with Crippen LogP contribution in [-0.4, -0.2) is 33.9 Å². The van der Waals surface area contributed by atoms with Gasteiger partial charge >= 0.3 is 0 Å². The van der Waals surface area contributed by atoms with Crippen LogP contribution in [0.25, 0.3) is 0 Å². The predicted octanol–water partition coefficient (Wildman–Crippen LogP) is 6.54. The van der Waals surface area contributed by atoms with Crippen LogP contribution < -0.4 is 14.8 Å². The summed E-state index contributed by atoms with van der Waals surface area (Å²) >= 11 is 19.4. The highest BCUT2D eigenvalue weighted by molar-refractivity contribution is 8.15. The molecule has 11 heteroatoms. The molecule has 0 aromatic heterocycles. The first-order valence-electron chi connectivity index (χ1n) is 10.8. The van der Waals surface area contributed by atoms with E-state index < -0.39 is 5.25 Å².